The fourth-order valence-corrected chi connectivity index (χ4v) is 2.31. The highest BCUT2D eigenvalue weighted by Gasteiger charge is 2.26. The van der Waals surface area contributed by atoms with E-state index in [0.717, 1.165) is 12.3 Å². The van der Waals surface area contributed by atoms with Crippen molar-refractivity contribution in [2.75, 3.05) is 7.11 Å². The lowest BCUT2D eigenvalue weighted by molar-refractivity contribution is 0.118. The van der Waals surface area contributed by atoms with Gasteiger partial charge >= 0.3 is 0 Å². The van der Waals surface area contributed by atoms with Crippen molar-refractivity contribution in [3.63, 3.8) is 0 Å². The summed E-state index contributed by atoms with van der Waals surface area (Å²) < 4.78 is 5.21. The molecule has 1 aromatic rings. The summed E-state index contributed by atoms with van der Waals surface area (Å²) in [6.07, 6.45) is 3.91. The first-order valence-corrected chi connectivity index (χ1v) is 5.64. The number of hydrogen-bond donors (Lipinski definition) is 0. The van der Waals surface area contributed by atoms with Crippen LogP contribution in [-0.2, 0) is 11.2 Å². The van der Waals surface area contributed by atoms with Crippen molar-refractivity contribution >= 4 is 11.3 Å². The van der Waals surface area contributed by atoms with E-state index in [0.29, 0.717) is 6.10 Å². The Bertz CT molecular complexity index is 280. The maximum Gasteiger partial charge on any atom is 0.0954 e. The zero-order chi connectivity index (χ0) is 9.26. The van der Waals surface area contributed by atoms with E-state index < -0.39 is 0 Å². The van der Waals surface area contributed by atoms with E-state index in [1.165, 1.54) is 23.5 Å². The molecule has 72 valence electrons. The summed E-state index contributed by atoms with van der Waals surface area (Å²) in [6, 6.07) is 0. The van der Waals surface area contributed by atoms with Crippen LogP contribution in [0.25, 0.3) is 0 Å². The van der Waals surface area contributed by atoms with Crippen molar-refractivity contribution in [2.45, 2.75) is 38.2 Å². The lowest BCUT2D eigenvalue weighted by atomic mass is 10.3. The van der Waals surface area contributed by atoms with Gasteiger partial charge in [0.15, 0.2) is 0 Å². The molecule has 2 nitrogen and oxygen atoms in total. The van der Waals surface area contributed by atoms with Gasteiger partial charge in [0.25, 0.3) is 0 Å². The Labute approximate surface area is 83.0 Å². The molecule has 1 heterocycles. The minimum atomic E-state index is 0.290. The summed E-state index contributed by atoms with van der Waals surface area (Å²) in [5, 5.41) is 3.42. The standard InChI is InChI=1S/C10H15NOS/c1-7(12-2)5-10-11-9(6-13-10)8-3-4-8/h6-8H,3-5H2,1-2H3. The van der Waals surface area contributed by atoms with Crippen LogP contribution in [0.2, 0.25) is 0 Å². The predicted molar refractivity (Wildman–Crippen MR) is 54.3 cm³/mol. The highest BCUT2D eigenvalue weighted by atomic mass is 32.1. The molecule has 1 unspecified atom stereocenters. The van der Waals surface area contributed by atoms with Gasteiger partial charge in [-0.05, 0) is 19.8 Å². The monoisotopic (exact) mass is 197 g/mol. The van der Waals surface area contributed by atoms with Gasteiger partial charge in [0.2, 0.25) is 0 Å². The summed E-state index contributed by atoms with van der Waals surface area (Å²) in [5.74, 6) is 0.780. The van der Waals surface area contributed by atoms with Crippen LogP contribution in [0.1, 0.15) is 36.4 Å². The zero-order valence-electron chi connectivity index (χ0n) is 8.12. The Morgan fingerprint density at radius 3 is 3.08 bits per heavy atom. The minimum absolute atomic E-state index is 0.290. The molecular weight excluding hydrogens is 182 g/mol. The average molecular weight is 197 g/mol. The van der Waals surface area contributed by atoms with E-state index in [1.807, 2.05) is 0 Å². The molecule has 2 rings (SSSR count). The van der Waals surface area contributed by atoms with Crippen molar-refractivity contribution in [2.24, 2.45) is 0 Å². The predicted octanol–water partition coefficient (Wildman–Crippen LogP) is 2.60. The summed E-state index contributed by atoms with van der Waals surface area (Å²) in [5.41, 5.74) is 1.31. The van der Waals surface area contributed by atoms with Crippen LogP contribution < -0.4 is 0 Å². The highest BCUT2D eigenvalue weighted by Crippen LogP contribution is 2.40. The number of nitrogens with zero attached hydrogens (tertiary/aromatic N) is 1. The molecule has 0 radical (unpaired) electrons. The van der Waals surface area contributed by atoms with Gasteiger partial charge in [-0.2, -0.15) is 0 Å². The van der Waals surface area contributed by atoms with E-state index >= 15 is 0 Å². The number of hydrogen-bond acceptors (Lipinski definition) is 3. The summed E-state index contributed by atoms with van der Waals surface area (Å²) in [7, 11) is 1.75. The molecule has 1 aliphatic carbocycles. The second kappa shape index (κ2) is 3.76. The quantitative estimate of drug-likeness (QED) is 0.740. The van der Waals surface area contributed by atoms with E-state index in [9.17, 15) is 0 Å². The van der Waals surface area contributed by atoms with Crippen molar-refractivity contribution in [1.82, 2.24) is 4.98 Å². The van der Waals surface area contributed by atoms with Gasteiger partial charge in [-0.15, -0.1) is 11.3 Å². The van der Waals surface area contributed by atoms with Crippen LogP contribution in [0, 0.1) is 0 Å². The molecular formula is C10H15NOS. The Morgan fingerprint density at radius 2 is 2.46 bits per heavy atom. The molecule has 0 bridgehead atoms. The van der Waals surface area contributed by atoms with Gasteiger partial charge in [0.05, 0.1) is 16.8 Å². The van der Waals surface area contributed by atoms with Gasteiger partial charge in [-0.3, -0.25) is 0 Å². The molecule has 1 saturated carbocycles. The van der Waals surface area contributed by atoms with Gasteiger partial charge in [0, 0.05) is 24.8 Å². The molecule has 0 N–H and O–H groups in total. The van der Waals surface area contributed by atoms with E-state index in [1.54, 1.807) is 18.4 Å². The molecule has 0 aromatic carbocycles. The van der Waals surface area contributed by atoms with E-state index in [-0.39, 0.29) is 0 Å². The van der Waals surface area contributed by atoms with Gasteiger partial charge < -0.3 is 4.74 Å². The molecule has 0 spiro atoms. The molecule has 1 atom stereocenters. The van der Waals surface area contributed by atoms with E-state index in [2.05, 4.69) is 17.3 Å². The minimum Gasteiger partial charge on any atom is -0.381 e. The second-order valence-corrected chi connectivity index (χ2v) is 4.63. The van der Waals surface area contributed by atoms with Crippen LogP contribution in [0.15, 0.2) is 5.38 Å². The van der Waals surface area contributed by atoms with E-state index in [4.69, 9.17) is 4.74 Å². The molecule has 0 amide bonds. The second-order valence-electron chi connectivity index (χ2n) is 3.69. The molecule has 3 heteroatoms. The zero-order valence-corrected chi connectivity index (χ0v) is 8.93. The first kappa shape index (κ1) is 9.16. The Morgan fingerprint density at radius 1 is 1.69 bits per heavy atom. The maximum absolute atomic E-state index is 5.21. The topological polar surface area (TPSA) is 22.1 Å². The largest absolute Gasteiger partial charge is 0.381 e. The Hall–Kier alpha value is -0.410. The molecule has 0 aliphatic heterocycles. The third-order valence-electron chi connectivity index (χ3n) is 2.43. The number of aromatic nitrogens is 1. The van der Waals surface area contributed by atoms with Gasteiger partial charge in [0.1, 0.15) is 0 Å². The lowest BCUT2D eigenvalue weighted by Crippen LogP contribution is -2.08. The number of ether oxygens (including phenoxy) is 1. The normalized spacial score (nSPS) is 18.9. The Kier molecular flexibility index (Phi) is 2.65. The van der Waals surface area contributed by atoms with Crippen molar-refractivity contribution in [3.8, 4) is 0 Å². The highest BCUT2D eigenvalue weighted by molar-refractivity contribution is 7.09. The third-order valence-corrected chi connectivity index (χ3v) is 3.32. The Balaban J connectivity index is 1.96. The maximum atomic E-state index is 5.21. The number of thiazole rings is 1. The summed E-state index contributed by atoms with van der Waals surface area (Å²) in [6.45, 7) is 2.08. The smallest absolute Gasteiger partial charge is 0.0954 e. The van der Waals surface area contributed by atoms with Gasteiger partial charge in [-0.25, -0.2) is 4.98 Å². The first-order chi connectivity index (χ1) is 6.29. The van der Waals surface area contributed by atoms with Crippen LogP contribution >= 0.6 is 11.3 Å². The van der Waals surface area contributed by atoms with Crippen molar-refractivity contribution < 1.29 is 4.74 Å². The van der Waals surface area contributed by atoms with Crippen LogP contribution in [0.3, 0.4) is 0 Å². The van der Waals surface area contributed by atoms with Crippen LogP contribution in [0.5, 0.6) is 0 Å². The fourth-order valence-electron chi connectivity index (χ4n) is 1.31. The first-order valence-electron chi connectivity index (χ1n) is 4.76. The molecule has 0 saturated heterocycles. The molecule has 1 fully saturated rings. The van der Waals surface area contributed by atoms with Crippen molar-refractivity contribution in [1.29, 1.82) is 0 Å². The van der Waals surface area contributed by atoms with Crippen LogP contribution in [-0.4, -0.2) is 18.2 Å². The van der Waals surface area contributed by atoms with Crippen molar-refractivity contribution in [3.05, 3.63) is 16.1 Å². The fraction of sp³-hybridized carbons (Fsp3) is 0.700. The summed E-state index contributed by atoms with van der Waals surface area (Å²) in [4.78, 5) is 4.60. The molecule has 1 aliphatic rings. The third kappa shape index (κ3) is 2.29. The van der Waals surface area contributed by atoms with Gasteiger partial charge in [-0.1, -0.05) is 0 Å². The number of rotatable bonds is 4. The van der Waals surface area contributed by atoms with Crippen LogP contribution in [0.4, 0.5) is 0 Å². The SMILES string of the molecule is COC(C)Cc1nc(C2CC2)cs1. The lowest BCUT2D eigenvalue weighted by Gasteiger charge is -2.05. The molecule has 13 heavy (non-hydrogen) atoms. The summed E-state index contributed by atoms with van der Waals surface area (Å²) >= 11 is 1.77. The molecule has 1 aromatic heterocycles. The average Bonchev–Trinajstić information content (AvgIpc) is 2.88. The number of methoxy groups -OCH3 is 1.